The van der Waals surface area contributed by atoms with Crippen LogP contribution >= 0.6 is 0 Å². The van der Waals surface area contributed by atoms with Crippen LogP contribution in [0.4, 0.5) is 5.69 Å². The molecule has 2 N–H and O–H groups in total. The van der Waals surface area contributed by atoms with Crippen molar-refractivity contribution in [3.63, 3.8) is 0 Å². The third-order valence-electron chi connectivity index (χ3n) is 5.43. The highest BCUT2D eigenvalue weighted by atomic mass is 16.5. The van der Waals surface area contributed by atoms with E-state index in [4.69, 9.17) is 4.74 Å². The fourth-order valence-electron chi connectivity index (χ4n) is 4.13. The second-order valence-electron chi connectivity index (χ2n) is 7.97. The number of amides is 1. The number of ether oxygens (including phenoxy) is 1. The maximum Gasteiger partial charge on any atom is 0.234 e. The minimum Gasteiger partial charge on any atom is -0.506 e. The minimum absolute atomic E-state index is 0.0970. The number of carbonyl (C=O) groups is 1. The summed E-state index contributed by atoms with van der Waals surface area (Å²) in [6, 6.07) is 7.42. The molecule has 2 heterocycles. The lowest BCUT2D eigenvalue weighted by Crippen LogP contribution is -2.49. The van der Waals surface area contributed by atoms with Gasteiger partial charge in [-0.3, -0.25) is 14.6 Å². The summed E-state index contributed by atoms with van der Waals surface area (Å²) in [6.07, 6.45) is 1.54. The first-order valence-electron chi connectivity index (χ1n) is 10.4. The van der Waals surface area contributed by atoms with Crippen molar-refractivity contribution >= 4 is 11.6 Å². The van der Waals surface area contributed by atoms with E-state index in [9.17, 15) is 9.90 Å². The normalized spacial score (nSPS) is 24.3. The average molecular weight is 391 g/mol. The molecule has 0 aliphatic carbocycles. The number of benzene rings is 1. The highest BCUT2D eigenvalue weighted by Gasteiger charge is 2.22. The largest absolute Gasteiger partial charge is 0.506 e. The first-order chi connectivity index (χ1) is 13.5. The second-order valence-corrected chi connectivity index (χ2v) is 7.97. The maximum atomic E-state index is 12.2. The van der Waals surface area contributed by atoms with E-state index >= 15 is 0 Å². The van der Waals surface area contributed by atoms with Crippen LogP contribution in [0, 0.1) is 0 Å². The lowest BCUT2D eigenvalue weighted by atomic mass is 10.2. The van der Waals surface area contributed by atoms with Gasteiger partial charge in [0.1, 0.15) is 5.75 Å². The van der Waals surface area contributed by atoms with Crippen LogP contribution in [0.3, 0.4) is 0 Å². The molecular weight excluding hydrogens is 356 g/mol. The smallest absolute Gasteiger partial charge is 0.234 e. The van der Waals surface area contributed by atoms with Gasteiger partial charge in [0.15, 0.2) is 0 Å². The number of nitrogens with one attached hydrogen (secondary N) is 1. The van der Waals surface area contributed by atoms with Crippen LogP contribution in [0.5, 0.6) is 5.75 Å². The molecule has 0 spiro atoms. The summed E-state index contributed by atoms with van der Waals surface area (Å²) in [5, 5.41) is 13.0. The van der Waals surface area contributed by atoms with Crippen LogP contribution in [-0.2, 0) is 9.53 Å². The van der Waals surface area contributed by atoms with Crippen molar-refractivity contribution in [1.82, 2.24) is 15.1 Å². The van der Waals surface area contributed by atoms with Crippen LogP contribution in [0.2, 0.25) is 0 Å². The van der Waals surface area contributed by atoms with E-state index in [1.807, 2.05) is 18.2 Å². The van der Waals surface area contributed by atoms with Crippen LogP contribution in [0.15, 0.2) is 24.3 Å². The lowest BCUT2D eigenvalue weighted by molar-refractivity contribution is -0.122. The maximum absolute atomic E-state index is 12.2. The molecule has 2 fully saturated rings. The van der Waals surface area contributed by atoms with Gasteiger partial charge >= 0.3 is 0 Å². The Morgan fingerprint density at radius 1 is 1.11 bits per heavy atom. The molecule has 2 atom stereocenters. The van der Waals surface area contributed by atoms with Gasteiger partial charge in [-0.05, 0) is 32.4 Å². The van der Waals surface area contributed by atoms with Crippen molar-refractivity contribution in [3.8, 4) is 5.75 Å². The first-order valence-corrected chi connectivity index (χ1v) is 10.4. The number of nitrogens with zero attached hydrogens (tertiary/aromatic N) is 3. The van der Waals surface area contributed by atoms with Gasteiger partial charge in [-0.25, -0.2) is 0 Å². The van der Waals surface area contributed by atoms with Gasteiger partial charge in [0, 0.05) is 52.4 Å². The summed E-state index contributed by atoms with van der Waals surface area (Å²) in [6.45, 7) is 11.6. The summed E-state index contributed by atoms with van der Waals surface area (Å²) < 4.78 is 5.75. The molecule has 0 unspecified atom stereocenters. The highest BCUT2D eigenvalue weighted by molar-refractivity contribution is 5.78. The molecule has 2 saturated heterocycles. The third kappa shape index (κ3) is 6.09. The average Bonchev–Trinajstić information content (AvgIpc) is 2.66. The molecule has 7 heteroatoms. The molecule has 7 nitrogen and oxygen atoms in total. The summed E-state index contributed by atoms with van der Waals surface area (Å²) >= 11 is 0. The van der Waals surface area contributed by atoms with Crippen LogP contribution in [0.25, 0.3) is 0 Å². The van der Waals surface area contributed by atoms with Crippen molar-refractivity contribution in [1.29, 1.82) is 0 Å². The number of hydrogen-bond acceptors (Lipinski definition) is 6. The third-order valence-corrected chi connectivity index (χ3v) is 5.43. The molecule has 3 rings (SSSR count). The Hall–Kier alpha value is -1.83. The molecule has 2 aliphatic heterocycles. The van der Waals surface area contributed by atoms with Gasteiger partial charge in [-0.15, -0.1) is 0 Å². The van der Waals surface area contributed by atoms with Gasteiger partial charge < -0.3 is 20.1 Å². The predicted molar refractivity (Wildman–Crippen MR) is 111 cm³/mol. The Balaban J connectivity index is 1.30. The number of piperazine rings is 1. The van der Waals surface area contributed by atoms with Gasteiger partial charge in [0.2, 0.25) is 5.91 Å². The molecule has 2 aliphatic rings. The highest BCUT2D eigenvalue weighted by Crippen LogP contribution is 2.27. The molecule has 1 aromatic carbocycles. The van der Waals surface area contributed by atoms with E-state index in [1.54, 1.807) is 6.07 Å². The van der Waals surface area contributed by atoms with Crippen molar-refractivity contribution in [2.75, 3.05) is 63.8 Å². The Kier molecular flexibility index (Phi) is 7.53. The van der Waals surface area contributed by atoms with Gasteiger partial charge in [0.05, 0.1) is 24.4 Å². The molecule has 1 amide bonds. The van der Waals surface area contributed by atoms with Crippen LogP contribution in [0.1, 0.15) is 20.3 Å². The first kappa shape index (κ1) is 20.9. The topological polar surface area (TPSA) is 68.3 Å². The standard InChI is InChI=1S/C21H34N4O3/c1-17-14-24(15-18(2)28-17)9-5-8-22-21(27)16-23-10-12-25(13-11-23)19-6-3-4-7-20(19)26/h3-4,6-7,17-18,26H,5,8-16H2,1-2H3,(H,22,27)/t17-,18-/m0/s1. The molecule has 1 aromatic rings. The summed E-state index contributed by atoms with van der Waals surface area (Å²) in [4.78, 5) is 19.0. The lowest BCUT2D eigenvalue weighted by Gasteiger charge is -2.36. The Morgan fingerprint density at radius 2 is 1.79 bits per heavy atom. The summed E-state index contributed by atoms with van der Waals surface area (Å²) in [5.74, 6) is 0.414. The second kappa shape index (κ2) is 10.1. The summed E-state index contributed by atoms with van der Waals surface area (Å²) in [5.41, 5.74) is 0.873. The Bertz CT molecular complexity index is 624. The molecule has 0 bridgehead atoms. The zero-order valence-corrected chi connectivity index (χ0v) is 17.1. The van der Waals surface area contributed by atoms with Crippen molar-refractivity contribution < 1.29 is 14.6 Å². The van der Waals surface area contributed by atoms with E-state index in [2.05, 4.69) is 33.9 Å². The van der Waals surface area contributed by atoms with E-state index in [1.165, 1.54) is 0 Å². The molecule has 0 aromatic heterocycles. The zero-order chi connectivity index (χ0) is 19.9. The van der Waals surface area contributed by atoms with Crippen LogP contribution in [-0.4, -0.2) is 91.9 Å². The quantitative estimate of drug-likeness (QED) is 0.681. The fraction of sp³-hybridized carbons (Fsp3) is 0.667. The van der Waals surface area contributed by atoms with E-state index < -0.39 is 0 Å². The summed E-state index contributed by atoms with van der Waals surface area (Å²) in [7, 11) is 0. The number of rotatable bonds is 7. The number of para-hydroxylation sites is 2. The zero-order valence-electron chi connectivity index (χ0n) is 17.1. The molecule has 156 valence electrons. The van der Waals surface area contributed by atoms with Crippen molar-refractivity contribution in [2.24, 2.45) is 0 Å². The van der Waals surface area contributed by atoms with Gasteiger partial charge in [-0.1, -0.05) is 12.1 Å². The number of anilines is 1. The monoisotopic (exact) mass is 390 g/mol. The van der Waals surface area contributed by atoms with Crippen LogP contribution < -0.4 is 10.2 Å². The number of aromatic hydroxyl groups is 1. The molecule has 0 radical (unpaired) electrons. The van der Waals surface area contributed by atoms with E-state index in [0.29, 0.717) is 12.3 Å². The molecule has 0 saturated carbocycles. The number of carbonyl (C=O) groups excluding carboxylic acids is 1. The predicted octanol–water partition coefficient (Wildman–Crippen LogP) is 1.13. The SMILES string of the molecule is C[C@H]1CN(CCCNC(=O)CN2CCN(c3ccccc3O)CC2)C[C@H](C)O1. The number of phenolic OH excluding ortho intramolecular Hbond substituents is 1. The van der Waals surface area contributed by atoms with E-state index in [0.717, 1.165) is 64.5 Å². The number of phenols is 1. The molecule has 28 heavy (non-hydrogen) atoms. The minimum atomic E-state index is 0.0970. The Labute approximate surface area is 168 Å². The number of morpholine rings is 1. The Morgan fingerprint density at radius 3 is 2.46 bits per heavy atom. The van der Waals surface area contributed by atoms with E-state index in [-0.39, 0.29) is 18.1 Å². The number of hydrogen-bond donors (Lipinski definition) is 2. The van der Waals surface area contributed by atoms with Crippen molar-refractivity contribution in [2.45, 2.75) is 32.5 Å². The van der Waals surface area contributed by atoms with Gasteiger partial charge in [-0.2, -0.15) is 0 Å². The van der Waals surface area contributed by atoms with Gasteiger partial charge in [0.25, 0.3) is 0 Å². The van der Waals surface area contributed by atoms with Crippen molar-refractivity contribution in [3.05, 3.63) is 24.3 Å². The molecular formula is C21H34N4O3. The fourth-order valence-corrected chi connectivity index (χ4v) is 4.13.